The van der Waals surface area contributed by atoms with Crippen molar-refractivity contribution in [1.29, 1.82) is 0 Å². The minimum absolute atomic E-state index is 0.0438. The van der Waals surface area contributed by atoms with E-state index in [1.807, 2.05) is 4.90 Å². The van der Waals surface area contributed by atoms with Crippen LogP contribution in [0.3, 0.4) is 0 Å². The van der Waals surface area contributed by atoms with Gasteiger partial charge in [-0.25, -0.2) is 4.79 Å². The summed E-state index contributed by atoms with van der Waals surface area (Å²) in [6, 6.07) is -0.0744. The van der Waals surface area contributed by atoms with Crippen LogP contribution in [0.1, 0.15) is 51.9 Å². The van der Waals surface area contributed by atoms with Crippen LogP contribution in [0, 0.1) is 5.92 Å². The molecule has 108 valence electrons. The summed E-state index contributed by atoms with van der Waals surface area (Å²) in [5.41, 5.74) is -0.510. The number of carbonyl (C=O) groups excluding carboxylic acids is 1. The van der Waals surface area contributed by atoms with Gasteiger partial charge in [0.15, 0.2) is 0 Å². The third-order valence-electron chi connectivity index (χ3n) is 4.37. The second kappa shape index (κ2) is 5.80. The highest BCUT2D eigenvalue weighted by Crippen LogP contribution is 2.33. The summed E-state index contributed by atoms with van der Waals surface area (Å²) in [4.78, 5) is 25.2. The zero-order valence-electron chi connectivity index (χ0n) is 11.7. The second-order valence-corrected chi connectivity index (χ2v) is 6.18. The van der Waals surface area contributed by atoms with Crippen LogP contribution in [0.15, 0.2) is 0 Å². The Morgan fingerprint density at radius 1 is 1.32 bits per heavy atom. The number of carboxylic acids is 1. The summed E-state index contributed by atoms with van der Waals surface area (Å²) in [7, 11) is 0. The van der Waals surface area contributed by atoms with Gasteiger partial charge in [-0.1, -0.05) is 19.8 Å². The summed E-state index contributed by atoms with van der Waals surface area (Å²) in [5.74, 6) is -0.285. The number of amides is 2. The molecule has 1 unspecified atom stereocenters. The van der Waals surface area contributed by atoms with Crippen molar-refractivity contribution in [2.24, 2.45) is 5.92 Å². The molecule has 2 fully saturated rings. The Morgan fingerprint density at radius 2 is 2.00 bits per heavy atom. The zero-order valence-corrected chi connectivity index (χ0v) is 11.7. The number of urea groups is 1. The van der Waals surface area contributed by atoms with Crippen LogP contribution in [0.5, 0.6) is 0 Å². The molecule has 2 aliphatic rings. The molecule has 0 aromatic heterocycles. The van der Waals surface area contributed by atoms with Gasteiger partial charge < -0.3 is 15.3 Å². The van der Waals surface area contributed by atoms with Crippen LogP contribution < -0.4 is 5.32 Å². The van der Waals surface area contributed by atoms with Crippen LogP contribution in [0.4, 0.5) is 4.79 Å². The van der Waals surface area contributed by atoms with E-state index < -0.39 is 11.5 Å². The Balaban J connectivity index is 1.96. The number of hydrogen-bond acceptors (Lipinski definition) is 2. The Hall–Kier alpha value is -1.26. The van der Waals surface area contributed by atoms with E-state index in [0.29, 0.717) is 5.92 Å². The van der Waals surface area contributed by atoms with Crippen LogP contribution in [0.25, 0.3) is 0 Å². The quantitative estimate of drug-likeness (QED) is 0.824. The molecule has 2 rings (SSSR count). The Labute approximate surface area is 114 Å². The van der Waals surface area contributed by atoms with Crippen LogP contribution in [-0.4, -0.2) is 40.6 Å². The first kappa shape index (κ1) is 14.2. The summed E-state index contributed by atoms with van der Waals surface area (Å²) in [6.45, 7) is 3.73. The van der Waals surface area contributed by atoms with E-state index in [-0.39, 0.29) is 12.5 Å². The number of carbonyl (C=O) groups is 2. The molecule has 0 bridgehead atoms. The highest BCUT2D eigenvalue weighted by molar-refractivity contribution is 5.77. The van der Waals surface area contributed by atoms with Crippen molar-refractivity contribution in [2.75, 3.05) is 13.1 Å². The molecule has 1 aliphatic carbocycles. The molecule has 2 amide bonds. The van der Waals surface area contributed by atoms with Gasteiger partial charge in [0, 0.05) is 13.1 Å². The van der Waals surface area contributed by atoms with Crippen molar-refractivity contribution in [1.82, 2.24) is 10.2 Å². The Morgan fingerprint density at radius 3 is 2.58 bits per heavy atom. The largest absolute Gasteiger partial charge is 0.481 e. The Bertz CT molecular complexity index is 351. The summed E-state index contributed by atoms with van der Waals surface area (Å²) >= 11 is 0. The molecule has 5 heteroatoms. The SMILES string of the molecule is CC1CCCN(C(=O)NC2(CC(=O)O)CCCC2)C1. The molecule has 19 heavy (non-hydrogen) atoms. The van der Waals surface area contributed by atoms with Gasteiger partial charge in [-0.15, -0.1) is 0 Å². The fourth-order valence-electron chi connectivity index (χ4n) is 3.37. The number of hydrogen-bond donors (Lipinski definition) is 2. The molecular formula is C14H24N2O3. The van der Waals surface area contributed by atoms with Gasteiger partial charge >= 0.3 is 12.0 Å². The number of likely N-dealkylation sites (tertiary alicyclic amines) is 1. The van der Waals surface area contributed by atoms with Gasteiger partial charge in [-0.05, 0) is 31.6 Å². The van der Waals surface area contributed by atoms with Crippen LogP contribution in [-0.2, 0) is 4.79 Å². The lowest BCUT2D eigenvalue weighted by Gasteiger charge is -2.36. The highest BCUT2D eigenvalue weighted by atomic mass is 16.4. The number of aliphatic carboxylic acids is 1. The van der Waals surface area contributed by atoms with Crippen LogP contribution in [0.2, 0.25) is 0 Å². The molecular weight excluding hydrogens is 244 g/mol. The van der Waals surface area contributed by atoms with E-state index in [2.05, 4.69) is 12.2 Å². The maximum atomic E-state index is 12.3. The van der Waals surface area contributed by atoms with Crippen molar-refractivity contribution < 1.29 is 14.7 Å². The third kappa shape index (κ3) is 3.61. The predicted octanol–water partition coefficient (Wildman–Crippen LogP) is 2.22. The smallest absolute Gasteiger partial charge is 0.317 e. The molecule has 0 aromatic carbocycles. The summed E-state index contributed by atoms with van der Waals surface area (Å²) in [5, 5.41) is 12.1. The molecule has 0 spiro atoms. The van der Waals surface area contributed by atoms with E-state index in [1.54, 1.807) is 0 Å². The van der Waals surface area contributed by atoms with Gasteiger partial charge in [-0.2, -0.15) is 0 Å². The van der Waals surface area contributed by atoms with Gasteiger partial charge in [-0.3, -0.25) is 4.79 Å². The molecule has 0 aromatic rings. The number of carboxylic acid groups (broad SMARTS) is 1. The Kier molecular flexibility index (Phi) is 4.32. The second-order valence-electron chi connectivity index (χ2n) is 6.18. The molecule has 1 saturated carbocycles. The maximum Gasteiger partial charge on any atom is 0.317 e. The number of rotatable bonds is 3. The minimum atomic E-state index is -0.825. The monoisotopic (exact) mass is 268 g/mol. The molecule has 2 N–H and O–H groups in total. The fourth-order valence-corrected chi connectivity index (χ4v) is 3.37. The predicted molar refractivity (Wildman–Crippen MR) is 72.0 cm³/mol. The first-order valence-corrected chi connectivity index (χ1v) is 7.30. The molecule has 1 aliphatic heterocycles. The average molecular weight is 268 g/mol. The van der Waals surface area contributed by atoms with E-state index in [0.717, 1.165) is 45.2 Å². The normalized spacial score (nSPS) is 26.2. The first-order chi connectivity index (χ1) is 9.01. The lowest BCUT2D eigenvalue weighted by molar-refractivity contribution is -0.138. The van der Waals surface area contributed by atoms with E-state index in [9.17, 15) is 9.59 Å². The van der Waals surface area contributed by atoms with Gasteiger partial charge in [0.2, 0.25) is 0 Å². The molecule has 1 heterocycles. The first-order valence-electron chi connectivity index (χ1n) is 7.30. The standard InChI is InChI=1S/C14H24N2O3/c1-11-5-4-8-16(10-11)13(19)15-14(9-12(17)18)6-2-3-7-14/h11H,2-10H2,1H3,(H,15,19)(H,17,18). The van der Waals surface area contributed by atoms with E-state index >= 15 is 0 Å². The highest BCUT2D eigenvalue weighted by Gasteiger charge is 2.38. The van der Waals surface area contributed by atoms with E-state index in [1.165, 1.54) is 6.42 Å². The molecule has 5 nitrogen and oxygen atoms in total. The lowest BCUT2D eigenvalue weighted by atomic mass is 9.93. The topological polar surface area (TPSA) is 69.6 Å². The summed E-state index contributed by atoms with van der Waals surface area (Å²) in [6.07, 6.45) is 5.84. The van der Waals surface area contributed by atoms with Gasteiger partial charge in [0.25, 0.3) is 0 Å². The number of piperidine rings is 1. The van der Waals surface area contributed by atoms with Gasteiger partial charge in [0.05, 0.1) is 12.0 Å². The lowest BCUT2D eigenvalue weighted by Crippen LogP contribution is -2.54. The molecule has 0 radical (unpaired) electrons. The average Bonchev–Trinajstić information content (AvgIpc) is 2.76. The van der Waals surface area contributed by atoms with Crippen molar-refractivity contribution in [3.05, 3.63) is 0 Å². The number of nitrogens with one attached hydrogen (secondary N) is 1. The molecule has 1 atom stereocenters. The third-order valence-corrected chi connectivity index (χ3v) is 4.37. The van der Waals surface area contributed by atoms with Crippen molar-refractivity contribution in [3.63, 3.8) is 0 Å². The minimum Gasteiger partial charge on any atom is -0.481 e. The fraction of sp³-hybridized carbons (Fsp3) is 0.857. The zero-order chi connectivity index (χ0) is 13.9. The molecule has 1 saturated heterocycles. The van der Waals surface area contributed by atoms with Crippen molar-refractivity contribution >= 4 is 12.0 Å². The van der Waals surface area contributed by atoms with Crippen molar-refractivity contribution in [2.45, 2.75) is 57.4 Å². The van der Waals surface area contributed by atoms with Crippen molar-refractivity contribution in [3.8, 4) is 0 Å². The summed E-state index contributed by atoms with van der Waals surface area (Å²) < 4.78 is 0. The van der Waals surface area contributed by atoms with E-state index in [4.69, 9.17) is 5.11 Å². The number of nitrogens with zero attached hydrogens (tertiary/aromatic N) is 1. The maximum absolute atomic E-state index is 12.3. The van der Waals surface area contributed by atoms with Gasteiger partial charge in [0.1, 0.15) is 0 Å². The van der Waals surface area contributed by atoms with Crippen LogP contribution >= 0.6 is 0 Å².